The van der Waals surface area contributed by atoms with Gasteiger partial charge in [-0.3, -0.25) is 4.79 Å². The van der Waals surface area contributed by atoms with Gasteiger partial charge in [-0.25, -0.2) is 0 Å². The van der Waals surface area contributed by atoms with Gasteiger partial charge in [0.05, 0.1) is 5.75 Å². The average molecular weight is 497 g/mol. The Bertz CT molecular complexity index is 917. The molecule has 0 aliphatic heterocycles. The fourth-order valence-electron chi connectivity index (χ4n) is 2.21. The largest absolute Gasteiger partial charge is 0.411 e. The zero-order valence-electron chi connectivity index (χ0n) is 13.9. The number of hydrogen-bond acceptors (Lipinski definition) is 5. The number of carbonyl (C=O) groups is 1. The van der Waals surface area contributed by atoms with E-state index in [1.807, 2.05) is 48.5 Å². The van der Waals surface area contributed by atoms with Gasteiger partial charge in [-0.15, -0.1) is 10.2 Å². The molecule has 3 rings (SSSR count). The van der Waals surface area contributed by atoms with E-state index in [0.29, 0.717) is 17.7 Å². The van der Waals surface area contributed by atoms with Crippen molar-refractivity contribution < 1.29 is 9.21 Å². The van der Waals surface area contributed by atoms with Crippen LogP contribution in [0.3, 0.4) is 0 Å². The van der Waals surface area contributed by atoms with Crippen molar-refractivity contribution in [2.45, 2.75) is 11.8 Å². The first-order chi connectivity index (χ1) is 12.5. The van der Waals surface area contributed by atoms with Crippen LogP contribution in [-0.4, -0.2) is 33.8 Å². The minimum absolute atomic E-state index is 0.00652. The van der Waals surface area contributed by atoms with Gasteiger partial charge in [0.15, 0.2) is 0 Å². The fourth-order valence-corrected chi connectivity index (χ4v) is 3.72. The third kappa shape index (κ3) is 4.96. The van der Waals surface area contributed by atoms with Gasteiger partial charge >= 0.3 is 0 Å². The van der Waals surface area contributed by atoms with E-state index in [4.69, 9.17) is 4.42 Å². The van der Waals surface area contributed by atoms with Gasteiger partial charge in [0, 0.05) is 28.1 Å². The lowest BCUT2D eigenvalue weighted by Gasteiger charge is -2.17. The van der Waals surface area contributed by atoms with Gasteiger partial charge in [-0.2, -0.15) is 0 Å². The normalized spacial score (nSPS) is 10.7. The number of amides is 1. The van der Waals surface area contributed by atoms with Crippen molar-refractivity contribution >= 4 is 49.5 Å². The number of carbonyl (C=O) groups excluding carboxylic acids is 1. The van der Waals surface area contributed by atoms with Crippen LogP contribution >= 0.6 is 43.6 Å². The lowest BCUT2D eigenvalue weighted by atomic mass is 10.2. The topological polar surface area (TPSA) is 59.2 Å². The predicted octanol–water partition coefficient (Wildman–Crippen LogP) is 5.01. The Morgan fingerprint density at radius 1 is 1.15 bits per heavy atom. The van der Waals surface area contributed by atoms with Gasteiger partial charge in [-0.1, -0.05) is 67.9 Å². The minimum atomic E-state index is -0.00652. The zero-order valence-corrected chi connectivity index (χ0v) is 17.8. The van der Waals surface area contributed by atoms with Crippen LogP contribution in [0.15, 0.2) is 67.1 Å². The molecule has 8 heteroatoms. The van der Waals surface area contributed by atoms with Crippen molar-refractivity contribution in [3.8, 4) is 11.5 Å². The van der Waals surface area contributed by atoms with Gasteiger partial charge < -0.3 is 9.32 Å². The molecule has 5 nitrogen and oxygen atoms in total. The summed E-state index contributed by atoms with van der Waals surface area (Å²) in [5, 5.41) is 8.42. The van der Waals surface area contributed by atoms with E-state index in [9.17, 15) is 4.79 Å². The maximum Gasteiger partial charge on any atom is 0.277 e. The van der Waals surface area contributed by atoms with Gasteiger partial charge in [-0.05, 0) is 29.8 Å². The highest BCUT2D eigenvalue weighted by Crippen LogP contribution is 2.25. The second kappa shape index (κ2) is 8.83. The molecule has 0 N–H and O–H groups in total. The Balaban J connectivity index is 1.57. The van der Waals surface area contributed by atoms with Crippen molar-refractivity contribution in [1.29, 1.82) is 0 Å². The third-order valence-corrected chi connectivity index (χ3v) is 5.66. The Hall–Kier alpha value is -1.64. The summed E-state index contributed by atoms with van der Waals surface area (Å²) in [5.74, 6) is 0.664. The molecule has 0 spiro atoms. The van der Waals surface area contributed by atoms with E-state index >= 15 is 0 Å². The summed E-state index contributed by atoms with van der Waals surface area (Å²) < 4.78 is 7.56. The molecule has 1 aromatic heterocycles. The highest BCUT2D eigenvalue weighted by atomic mass is 79.9. The Labute approximate surface area is 172 Å². The molecule has 0 saturated carbocycles. The smallest absolute Gasteiger partial charge is 0.277 e. The number of aromatic nitrogens is 2. The van der Waals surface area contributed by atoms with Gasteiger partial charge in [0.2, 0.25) is 11.8 Å². The molecule has 0 fully saturated rings. The number of nitrogens with zero attached hydrogens (tertiary/aromatic N) is 3. The lowest BCUT2D eigenvalue weighted by molar-refractivity contribution is -0.127. The Morgan fingerprint density at radius 3 is 2.73 bits per heavy atom. The molecule has 0 aliphatic carbocycles. The van der Waals surface area contributed by atoms with Crippen molar-refractivity contribution in [3.63, 3.8) is 0 Å². The summed E-state index contributed by atoms with van der Waals surface area (Å²) >= 11 is 8.15. The van der Waals surface area contributed by atoms with E-state index < -0.39 is 0 Å². The highest BCUT2D eigenvalue weighted by molar-refractivity contribution is 9.10. The van der Waals surface area contributed by atoms with Crippen molar-refractivity contribution in [2.24, 2.45) is 0 Å². The molecule has 0 bridgehead atoms. The van der Waals surface area contributed by atoms with E-state index in [-0.39, 0.29) is 11.7 Å². The number of hydrogen-bond donors (Lipinski definition) is 0. The number of thioether (sulfide) groups is 1. The van der Waals surface area contributed by atoms with Crippen LogP contribution < -0.4 is 0 Å². The average Bonchev–Trinajstić information content (AvgIpc) is 3.10. The molecular weight excluding hydrogens is 482 g/mol. The molecule has 0 aliphatic rings. The molecular formula is C18H15Br2N3O2S. The van der Waals surface area contributed by atoms with E-state index in [1.165, 1.54) is 11.8 Å². The summed E-state index contributed by atoms with van der Waals surface area (Å²) in [5.41, 5.74) is 1.89. The molecule has 1 heterocycles. The van der Waals surface area contributed by atoms with Crippen LogP contribution in [0, 0.1) is 0 Å². The first-order valence-corrected chi connectivity index (χ1v) is 10.3. The number of benzene rings is 2. The summed E-state index contributed by atoms with van der Waals surface area (Å²) in [6, 6.07) is 15.5. The summed E-state index contributed by atoms with van der Waals surface area (Å²) in [6.45, 7) is 0.536. The quantitative estimate of drug-likeness (QED) is 0.449. The molecule has 0 atom stereocenters. The monoisotopic (exact) mass is 495 g/mol. The van der Waals surface area contributed by atoms with Crippen LogP contribution in [0.1, 0.15) is 5.56 Å². The Kier molecular flexibility index (Phi) is 6.50. The summed E-state index contributed by atoms with van der Waals surface area (Å²) in [6.07, 6.45) is 0. The van der Waals surface area contributed by atoms with Crippen molar-refractivity contribution in [1.82, 2.24) is 15.1 Å². The third-order valence-electron chi connectivity index (χ3n) is 3.59. The molecule has 0 radical (unpaired) electrons. The van der Waals surface area contributed by atoms with Crippen LogP contribution in [-0.2, 0) is 11.3 Å². The van der Waals surface area contributed by atoms with Crippen molar-refractivity contribution in [2.75, 3.05) is 12.8 Å². The molecule has 2 aromatic carbocycles. The predicted molar refractivity (Wildman–Crippen MR) is 109 cm³/mol. The van der Waals surface area contributed by atoms with E-state index in [2.05, 4.69) is 42.1 Å². The zero-order chi connectivity index (χ0) is 18.5. The number of halogens is 2. The fraction of sp³-hybridized carbons (Fsp3) is 0.167. The maximum absolute atomic E-state index is 12.3. The molecule has 3 aromatic rings. The standard InChI is InChI=1S/C18H15Br2N3O2S/c1-23(10-13-5-2-3-8-15(13)20)16(24)11-26-18-22-21-17(25-18)12-6-4-7-14(19)9-12/h2-9H,10-11H2,1H3. The first kappa shape index (κ1) is 19.1. The van der Waals surface area contributed by atoms with Gasteiger partial charge in [0.25, 0.3) is 5.22 Å². The van der Waals surface area contributed by atoms with Gasteiger partial charge in [0.1, 0.15) is 0 Å². The lowest BCUT2D eigenvalue weighted by Crippen LogP contribution is -2.27. The highest BCUT2D eigenvalue weighted by Gasteiger charge is 2.15. The number of rotatable bonds is 6. The minimum Gasteiger partial charge on any atom is -0.411 e. The Morgan fingerprint density at radius 2 is 1.96 bits per heavy atom. The molecule has 0 saturated heterocycles. The molecule has 134 valence electrons. The SMILES string of the molecule is CN(Cc1ccccc1Br)C(=O)CSc1nnc(-c2cccc(Br)c2)o1. The van der Waals surface area contributed by atoms with Crippen LogP contribution in [0.25, 0.3) is 11.5 Å². The second-order valence-electron chi connectivity index (χ2n) is 5.51. The summed E-state index contributed by atoms with van der Waals surface area (Å²) in [7, 11) is 1.78. The molecule has 1 amide bonds. The maximum atomic E-state index is 12.3. The van der Waals surface area contributed by atoms with Crippen LogP contribution in [0.2, 0.25) is 0 Å². The molecule has 0 unspecified atom stereocenters. The van der Waals surface area contributed by atoms with E-state index in [1.54, 1.807) is 11.9 Å². The van der Waals surface area contributed by atoms with Crippen molar-refractivity contribution in [3.05, 3.63) is 63.0 Å². The first-order valence-electron chi connectivity index (χ1n) is 7.72. The van der Waals surface area contributed by atoms with Crippen LogP contribution in [0.5, 0.6) is 0 Å². The van der Waals surface area contributed by atoms with E-state index in [0.717, 1.165) is 20.1 Å². The molecule has 26 heavy (non-hydrogen) atoms. The summed E-state index contributed by atoms with van der Waals surface area (Å²) in [4.78, 5) is 14.0. The second-order valence-corrected chi connectivity index (χ2v) is 8.21. The van der Waals surface area contributed by atoms with Crippen LogP contribution in [0.4, 0.5) is 0 Å².